The highest BCUT2D eigenvalue weighted by molar-refractivity contribution is 5.94. The molecule has 2 rings (SSSR count). The van der Waals surface area contributed by atoms with Gasteiger partial charge in [-0.3, -0.25) is 4.79 Å². The van der Waals surface area contributed by atoms with Gasteiger partial charge in [0.15, 0.2) is 0 Å². The van der Waals surface area contributed by atoms with Gasteiger partial charge in [-0.2, -0.15) is 0 Å². The molecule has 0 radical (unpaired) electrons. The highest BCUT2D eigenvalue weighted by Gasteiger charge is 2.18. The maximum Gasteiger partial charge on any atom is 0.254 e. The Morgan fingerprint density at radius 2 is 2.09 bits per heavy atom. The van der Waals surface area contributed by atoms with E-state index in [1.54, 1.807) is 6.20 Å². The summed E-state index contributed by atoms with van der Waals surface area (Å²) < 4.78 is 5.25. The number of carbonyl (C=O) groups is 1. The number of hydrogen-bond donors (Lipinski definition) is 1. The second-order valence-electron chi connectivity index (χ2n) is 5.77. The summed E-state index contributed by atoms with van der Waals surface area (Å²) in [5.41, 5.74) is 1.26. The zero-order chi connectivity index (χ0) is 16.7. The molecule has 1 saturated heterocycles. The zero-order valence-corrected chi connectivity index (χ0v) is 14.3. The Kier molecular flexibility index (Phi) is 6.73. The number of ether oxygens (including phenoxy) is 1. The van der Waals surface area contributed by atoms with Gasteiger partial charge in [-0.25, -0.2) is 9.97 Å². The summed E-state index contributed by atoms with van der Waals surface area (Å²) in [7, 11) is 2.11. The van der Waals surface area contributed by atoms with Crippen LogP contribution < -0.4 is 10.2 Å². The lowest BCUT2D eigenvalue weighted by molar-refractivity contribution is 0.0943. The van der Waals surface area contributed by atoms with Crippen molar-refractivity contribution < 1.29 is 9.53 Å². The maximum atomic E-state index is 12.2. The van der Waals surface area contributed by atoms with Gasteiger partial charge in [0.2, 0.25) is 5.95 Å². The number of anilines is 1. The van der Waals surface area contributed by atoms with Crippen molar-refractivity contribution in [1.82, 2.24) is 20.2 Å². The Morgan fingerprint density at radius 1 is 1.35 bits per heavy atom. The molecule has 1 fully saturated rings. The van der Waals surface area contributed by atoms with E-state index in [-0.39, 0.29) is 5.91 Å². The topological polar surface area (TPSA) is 70.6 Å². The lowest BCUT2D eigenvalue weighted by Gasteiger charge is -2.32. The van der Waals surface area contributed by atoms with E-state index in [2.05, 4.69) is 32.1 Å². The summed E-state index contributed by atoms with van der Waals surface area (Å²) in [6.07, 6.45) is 2.44. The smallest absolute Gasteiger partial charge is 0.254 e. The van der Waals surface area contributed by atoms with E-state index in [0.717, 1.165) is 38.3 Å². The van der Waals surface area contributed by atoms with E-state index >= 15 is 0 Å². The number of amides is 1. The molecule has 0 unspecified atom stereocenters. The van der Waals surface area contributed by atoms with Crippen LogP contribution in [0.2, 0.25) is 0 Å². The average Bonchev–Trinajstić information content (AvgIpc) is 2.55. The first-order valence-electron chi connectivity index (χ1n) is 8.25. The summed E-state index contributed by atoms with van der Waals surface area (Å²) in [6, 6.07) is 0. The maximum absolute atomic E-state index is 12.2. The minimum absolute atomic E-state index is 0.121. The molecule has 1 aromatic rings. The SMILES string of the molecule is CCOCCCNC(=O)c1cnc(N2CCN(C)CC2)nc1C. The summed E-state index contributed by atoms with van der Waals surface area (Å²) in [6.45, 7) is 9.62. The number of nitrogens with one attached hydrogen (secondary N) is 1. The first kappa shape index (κ1) is 17.6. The molecule has 128 valence electrons. The summed E-state index contributed by atoms with van der Waals surface area (Å²) >= 11 is 0. The molecule has 1 aliphatic heterocycles. The Bertz CT molecular complexity index is 515. The Labute approximate surface area is 138 Å². The molecular formula is C16H27N5O2. The molecule has 2 heterocycles. The van der Waals surface area contributed by atoms with Crippen LogP contribution in [0.1, 0.15) is 29.4 Å². The lowest BCUT2D eigenvalue weighted by atomic mass is 10.2. The van der Waals surface area contributed by atoms with Crippen molar-refractivity contribution >= 4 is 11.9 Å². The molecular weight excluding hydrogens is 294 g/mol. The van der Waals surface area contributed by atoms with Crippen molar-refractivity contribution in [2.24, 2.45) is 0 Å². The molecule has 7 heteroatoms. The standard InChI is InChI=1S/C16H27N5O2/c1-4-23-11-5-6-17-15(22)14-12-18-16(19-13(14)2)21-9-7-20(3)8-10-21/h12H,4-11H2,1-3H3,(H,17,22). The minimum atomic E-state index is -0.121. The summed E-state index contributed by atoms with van der Waals surface area (Å²) in [5.74, 6) is 0.590. The number of likely N-dealkylation sites (N-methyl/N-ethyl adjacent to an activating group) is 1. The van der Waals surface area contributed by atoms with Gasteiger partial charge in [-0.05, 0) is 27.3 Å². The Morgan fingerprint density at radius 3 is 2.74 bits per heavy atom. The van der Waals surface area contributed by atoms with Crippen LogP contribution >= 0.6 is 0 Å². The predicted molar refractivity (Wildman–Crippen MR) is 89.9 cm³/mol. The van der Waals surface area contributed by atoms with Crippen LogP contribution in [0.3, 0.4) is 0 Å². The highest BCUT2D eigenvalue weighted by Crippen LogP contribution is 2.13. The van der Waals surface area contributed by atoms with Crippen molar-refractivity contribution in [2.75, 3.05) is 57.9 Å². The number of hydrogen-bond acceptors (Lipinski definition) is 6. The van der Waals surface area contributed by atoms with Crippen LogP contribution in [0.4, 0.5) is 5.95 Å². The number of nitrogens with zero attached hydrogens (tertiary/aromatic N) is 4. The van der Waals surface area contributed by atoms with Crippen molar-refractivity contribution in [2.45, 2.75) is 20.3 Å². The van der Waals surface area contributed by atoms with Gasteiger partial charge in [0.25, 0.3) is 5.91 Å². The third kappa shape index (κ3) is 5.14. The molecule has 0 aromatic carbocycles. The molecule has 0 aliphatic carbocycles. The van der Waals surface area contributed by atoms with Crippen molar-refractivity contribution in [3.63, 3.8) is 0 Å². The number of aryl methyl sites for hydroxylation is 1. The summed E-state index contributed by atoms with van der Waals surface area (Å²) in [4.78, 5) is 25.5. The van der Waals surface area contributed by atoms with Crippen molar-refractivity contribution in [1.29, 1.82) is 0 Å². The third-order valence-corrected chi connectivity index (χ3v) is 3.95. The van der Waals surface area contributed by atoms with Crippen LogP contribution in [0.25, 0.3) is 0 Å². The molecule has 1 N–H and O–H groups in total. The molecule has 1 aromatic heterocycles. The fourth-order valence-corrected chi connectivity index (χ4v) is 2.45. The van der Waals surface area contributed by atoms with Crippen LogP contribution in [-0.4, -0.2) is 73.8 Å². The monoisotopic (exact) mass is 321 g/mol. The van der Waals surface area contributed by atoms with Crippen LogP contribution in [0.5, 0.6) is 0 Å². The first-order chi connectivity index (χ1) is 11.1. The van der Waals surface area contributed by atoms with Crippen molar-refractivity contribution in [3.8, 4) is 0 Å². The fourth-order valence-electron chi connectivity index (χ4n) is 2.45. The molecule has 0 atom stereocenters. The molecule has 1 amide bonds. The fraction of sp³-hybridized carbons (Fsp3) is 0.688. The van der Waals surface area contributed by atoms with Gasteiger partial charge in [-0.15, -0.1) is 0 Å². The Hall–Kier alpha value is -1.73. The number of rotatable bonds is 7. The van der Waals surface area contributed by atoms with Gasteiger partial charge in [-0.1, -0.05) is 0 Å². The highest BCUT2D eigenvalue weighted by atomic mass is 16.5. The van der Waals surface area contributed by atoms with Crippen LogP contribution in [0.15, 0.2) is 6.20 Å². The summed E-state index contributed by atoms with van der Waals surface area (Å²) in [5, 5.41) is 2.88. The minimum Gasteiger partial charge on any atom is -0.382 e. The van der Waals surface area contributed by atoms with Crippen LogP contribution in [-0.2, 0) is 4.74 Å². The third-order valence-electron chi connectivity index (χ3n) is 3.95. The lowest BCUT2D eigenvalue weighted by Crippen LogP contribution is -2.45. The quantitative estimate of drug-likeness (QED) is 0.745. The number of carbonyl (C=O) groups excluding carboxylic acids is 1. The predicted octanol–water partition coefficient (Wildman–Crippen LogP) is 0.693. The van der Waals surface area contributed by atoms with Gasteiger partial charge < -0.3 is 19.9 Å². The van der Waals surface area contributed by atoms with E-state index < -0.39 is 0 Å². The largest absolute Gasteiger partial charge is 0.382 e. The van der Waals surface area contributed by atoms with Gasteiger partial charge in [0, 0.05) is 52.1 Å². The van der Waals surface area contributed by atoms with Gasteiger partial charge >= 0.3 is 0 Å². The van der Waals surface area contributed by atoms with Crippen LogP contribution in [0, 0.1) is 6.92 Å². The first-order valence-corrected chi connectivity index (χ1v) is 8.25. The normalized spacial score (nSPS) is 15.7. The van der Waals surface area contributed by atoms with Gasteiger partial charge in [0.05, 0.1) is 11.3 Å². The van der Waals surface area contributed by atoms with E-state index in [1.807, 2.05) is 13.8 Å². The van der Waals surface area contributed by atoms with E-state index in [4.69, 9.17) is 4.74 Å². The molecule has 1 aliphatic rings. The second-order valence-corrected chi connectivity index (χ2v) is 5.77. The van der Waals surface area contributed by atoms with Crippen molar-refractivity contribution in [3.05, 3.63) is 17.5 Å². The molecule has 0 spiro atoms. The van der Waals surface area contributed by atoms with E-state index in [0.29, 0.717) is 31.3 Å². The molecule has 0 bridgehead atoms. The second kappa shape index (κ2) is 8.79. The zero-order valence-electron chi connectivity index (χ0n) is 14.3. The molecule has 0 saturated carbocycles. The number of piperazine rings is 1. The molecule has 7 nitrogen and oxygen atoms in total. The Balaban J connectivity index is 1.89. The molecule has 23 heavy (non-hydrogen) atoms. The van der Waals surface area contributed by atoms with Gasteiger partial charge in [0.1, 0.15) is 0 Å². The van der Waals surface area contributed by atoms with E-state index in [9.17, 15) is 4.79 Å². The average molecular weight is 321 g/mol. The number of aromatic nitrogens is 2. The van der Waals surface area contributed by atoms with E-state index in [1.165, 1.54) is 0 Å².